The monoisotopic (exact) mass is 296 g/mol. The van der Waals surface area contributed by atoms with Gasteiger partial charge >= 0.3 is 5.97 Å². The molecule has 122 valence electrons. The average Bonchev–Trinajstić information content (AvgIpc) is 2.45. The van der Waals surface area contributed by atoms with Gasteiger partial charge < -0.3 is 10.2 Å². The molecule has 0 saturated carbocycles. The van der Waals surface area contributed by atoms with Crippen LogP contribution in [0, 0.1) is 0 Å². The topological polar surface area (TPSA) is 57.5 Å². The van der Waals surface area contributed by atoms with Crippen LogP contribution < -0.4 is 0 Å². The Morgan fingerprint density at radius 1 is 0.952 bits per heavy atom. The maximum Gasteiger partial charge on any atom is 0.303 e. The third kappa shape index (κ3) is 16.9. The van der Waals surface area contributed by atoms with Crippen molar-refractivity contribution < 1.29 is 15.0 Å². The molecule has 0 aliphatic heterocycles. The molecule has 21 heavy (non-hydrogen) atoms. The van der Waals surface area contributed by atoms with E-state index < -0.39 is 5.97 Å². The van der Waals surface area contributed by atoms with E-state index in [9.17, 15) is 9.90 Å². The van der Waals surface area contributed by atoms with Gasteiger partial charge in [-0.3, -0.25) is 4.79 Å². The number of aliphatic hydroxyl groups is 1. The van der Waals surface area contributed by atoms with Crippen LogP contribution in [0.5, 0.6) is 0 Å². The molecule has 0 radical (unpaired) electrons. The van der Waals surface area contributed by atoms with Crippen LogP contribution in [-0.4, -0.2) is 22.3 Å². The number of aliphatic hydroxyl groups excluding tert-OH is 1. The van der Waals surface area contributed by atoms with Crippen LogP contribution >= 0.6 is 0 Å². The van der Waals surface area contributed by atoms with Gasteiger partial charge in [0.05, 0.1) is 6.10 Å². The first-order chi connectivity index (χ1) is 10.2. The molecule has 0 spiro atoms. The molecule has 0 fully saturated rings. The molecule has 0 saturated heterocycles. The van der Waals surface area contributed by atoms with Gasteiger partial charge in [0.15, 0.2) is 0 Å². The van der Waals surface area contributed by atoms with Gasteiger partial charge in [0.2, 0.25) is 0 Å². The lowest BCUT2D eigenvalue weighted by Crippen LogP contribution is -2.04. The quantitative estimate of drug-likeness (QED) is 0.355. The maximum absolute atomic E-state index is 10.3. The number of hydrogen-bond acceptors (Lipinski definition) is 2. The van der Waals surface area contributed by atoms with Crippen molar-refractivity contribution in [2.75, 3.05) is 0 Å². The Kier molecular flexibility index (Phi) is 14.5. The Morgan fingerprint density at radius 3 is 2.19 bits per heavy atom. The van der Waals surface area contributed by atoms with Gasteiger partial charge in [-0.1, -0.05) is 62.8 Å². The Morgan fingerprint density at radius 2 is 1.57 bits per heavy atom. The standard InChI is InChI=1S/C18H32O3/c1-2-3-4-8-11-14-17(19)15-12-9-6-5-7-10-13-16-18(20)21/h2-3,8,11,17,19H,4-7,9-10,12-16H2,1H3,(H,20,21). The zero-order valence-electron chi connectivity index (χ0n) is 13.5. The molecule has 0 aromatic carbocycles. The van der Waals surface area contributed by atoms with Crippen LogP contribution in [0.1, 0.15) is 77.6 Å². The van der Waals surface area contributed by atoms with Gasteiger partial charge in [0.1, 0.15) is 0 Å². The summed E-state index contributed by atoms with van der Waals surface area (Å²) in [5.74, 6) is -0.691. The predicted octanol–water partition coefficient (Wildman–Crippen LogP) is 4.86. The van der Waals surface area contributed by atoms with Crippen LogP contribution in [0.15, 0.2) is 24.3 Å². The minimum Gasteiger partial charge on any atom is -0.481 e. The van der Waals surface area contributed by atoms with Crippen molar-refractivity contribution in [1.82, 2.24) is 0 Å². The fourth-order valence-corrected chi connectivity index (χ4v) is 2.22. The van der Waals surface area contributed by atoms with E-state index >= 15 is 0 Å². The Labute approximate surface area is 129 Å². The van der Waals surface area contributed by atoms with Crippen molar-refractivity contribution >= 4 is 5.97 Å². The minimum absolute atomic E-state index is 0.206. The van der Waals surface area contributed by atoms with E-state index in [1.165, 1.54) is 12.8 Å². The molecule has 0 aromatic rings. The number of carboxylic acids is 1. The van der Waals surface area contributed by atoms with E-state index in [1.54, 1.807) is 0 Å². The molecule has 1 unspecified atom stereocenters. The van der Waals surface area contributed by atoms with Crippen LogP contribution in [0.2, 0.25) is 0 Å². The van der Waals surface area contributed by atoms with Gasteiger partial charge in [-0.05, 0) is 32.6 Å². The number of rotatable bonds is 14. The molecular formula is C18H32O3. The molecule has 1 atom stereocenters. The molecule has 0 heterocycles. The third-order valence-electron chi connectivity index (χ3n) is 3.51. The lowest BCUT2D eigenvalue weighted by molar-refractivity contribution is -0.137. The summed E-state index contributed by atoms with van der Waals surface area (Å²) in [5, 5.41) is 18.3. The van der Waals surface area contributed by atoms with E-state index in [1.807, 2.05) is 13.0 Å². The van der Waals surface area contributed by atoms with Crippen molar-refractivity contribution in [3.8, 4) is 0 Å². The molecule has 2 N–H and O–H groups in total. The first-order valence-electron chi connectivity index (χ1n) is 8.32. The molecule has 3 nitrogen and oxygen atoms in total. The second-order valence-electron chi connectivity index (χ2n) is 5.57. The number of allylic oxidation sites excluding steroid dienone is 3. The van der Waals surface area contributed by atoms with E-state index in [0.717, 1.165) is 51.4 Å². The largest absolute Gasteiger partial charge is 0.481 e. The van der Waals surface area contributed by atoms with Crippen LogP contribution in [0.25, 0.3) is 0 Å². The fraction of sp³-hybridized carbons (Fsp3) is 0.722. The van der Waals surface area contributed by atoms with E-state index in [2.05, 4.69) is 18.2 Å². The molecule has 0 aliphatic rings. The third-order valence-corrected chi connectivity index (χ3v) is 3.51. The molecule has 3 heteroatoms. The Hall–Kier alpha value is -1.09. The molecule has 0 bridgehead atoms. The summed E-state index contributed by atoms with van der Waals surface area (Å²) in [4.78, 5) is 10.3. The first kappa shape index (κ1) is 19.9. The van der Waals surface area contributed by atoms with Gasteiger partial charge in [-0.2, -0.15) is 0 Å². The lowest BCUT2D eigenvalue weighted by atomic mass is 10.0. The SMILES string of the molecule is CC=CCC=CCC(O)CCCCCCCCCC(=O)O. The Bertz CT molecular complexity index is 295. The summed E-state index contributed by atoms with van der Waals surface area (Å²) in [6, 6.07) is 0. The van der Waals surface area contributed by atoms with Crippen molar-refractivity contribution in [3.63, 3.8) is 0 Å². The summed E-state index contributed by atoms with van der Waals surface area (Å²) in [6.07, 6.45) is 18.5. The smallest absolute Gasteiger partial charge is 0.303 e. The predicted molar refractivity (Wildman–Crippen MR) is 88.4 cm³/mol. The maximum atomic E-state index is 10.3. The molecule has 0 rings (SSSR count). The van der Waals surface area contributed by atoms with Crippen molar-refractivity contribution in [2.24, 2.45) is 0 Å². The summed E-state index contributed by atoms with van der Waals surface area (Å²) in [5.41, 5.74) is 0. The van der Waals surface area contributed by atoms with Crippen LogP contribution in [0.4, 0.5) is 0 Å². The number of unbranched alkanes of at least 4 members (excludes halogenated alkanes) is 6. The number of carbonyl (C=O) groups is 1. The summed E-state index contributed by atoms with van der Waals surface area (Å²) < 4.78 is 0. The minimum atomic E-state index is -0.691. The summed E-state index contributed by atoms with van der Waals surface area (Å²) in [7, 11) is 0. The summed E-state index contributed by atoms with van der Waals surface area (Å²) in [6.45, 7) is 2.01. The average molecular weight is 296 g/mol. The zero-order chi connectivity index (χ0) is 15.8. The highest BCUT2D eigenvalue weighted by Crippen LogP contribution is 2.12. The highest BCUT2D eigenvalue weighted by molar-refractivity contribution is 5.66. The lowest BCUT2D eigenvalue weighted by Gasteiger charge is -2.07. The molecular weight excluding hydrogens is 264 g/mol. The number of aliphatic carboxylic acids is 1. The van der Waals surface area contributed by atoms with Gasteiger partial charge in [0.25, 0.3) is 0 Å². The van der Waals surface area contributed by atoms with E-state index in [0.29, 0.717) is 6.42 Å². The molecule has 0 aliphatic carbocycles. The Balaban J connectivity index is 3.26. The second kappa shape index (κ2) is 15.3. The van der Waals surface area contributed by atoms with E-state index in [4.69, 9.17) is 5.11 Å². The van der Waals surface area contributed by atoms with Crippen molar-refractivity contribution in [1.29, 1.82) is 0 Å². The van der Waals surface area contributed by atoms with Gasteiger partial charge in [-0.15, -0.1) is 0 Å². The first-order valence-corrected chi connectivity index (χ1v) is 8.32. The molecule has 0 amide bonds. The van der Waals surface area contributed by atoms with E-state index in [-0.39, 0.29) is 6.10 Å². The van der Waals surface area contributed by atoms with Crippen molar-refractivity contribution in [2.45, 2.75) is 83.7 Å². The molecule has 0 aromatic heterocycles. The zero-order valence-corrected chi connectivity index (χ0v) is 13.5. The van der Waals surface area contributed by atoms with Crippen LogP contribution in [0.3, 0.4) is 0 Å². The van der Waals surface area contributed by atoms with Gasteiger partial charge in [0, 0.05) is 6.42 Å². The highest BCUT2D eigenvalue weighted by Gasteiger charge is 2.01. The number of carboxylic acid groups (broad SMARTS) is 1. The number of hydrogen-bond donors (Lipinski definition) is 2. The fourth-order valence-electron chi connectivity index (χ4n) is 2.22. The van der Waals surface area contributed by atoms with Gasteiger partial charge in [-0.25, -0.2) is 0 Å². The normalized spacial score (nSPS) is 13.2. The second-order valence-corrected chi connectivity index (χ2v) is 5.57. The summed E-state index contributed by atoms with van der Waals surface area (Å²) >= 11 is 0. The highest BCUT2D eigenvalue weighted by atomic mass is 16.4. The van der Waals surface area contributed by atoms with Crippen molar-refractivity contribution in [3.05, 3.63) is 24.3 Å². The van der Waals surface area contributed by atoms with Crippen LogP contribution in [-0.2, 0) is 4.79 Å².